The van der Waals surface area contributed by atoms with E-state index in [4.69, 9.17) is 4.74 Å². The van der Waals surface area contributed by atoms with Crippen molar-refractivity contribution in [3.63, 3.8) is 0 Å². The fourth-order valence-electron chi connectivity index (χ4n) is 2.12. The molecule has 2 aromatic rings. The molecule has 0 spiro atoms. The maximum Gasteiger partial charge on any atom is 0.119 e. The number of anilines is 1. The quantitative estimate of drug-likeness (QED) is 0.750. The van der Waals surface area contributed by atoms with Crippen molar-refractivity contribution in [2.24, 2.45) is 0 Å². The average Bonchev–Trinajstić information content (AvgIpc) is 2.49. The van der Waals surface area contributed by atoms with Crippen LogP contribution in [0.25, 0.3) is 0 Å². The average molecular weight is 269 g/mol. The lowest BCUT2D eigenvalue weighted by Gasteiger charge is -2.11. The maximum absolute atomic E-state index is 5.72. The smallest absolute Gasteiger partial charge is 0.119 e. The molecule has 0 heterocycles. The summed E-state index contributed by atoms with van der Waals surface area (Å²) in [4.78, 5) is 0. The molecule has 0 saturated carbocycles. The van der Waals surface area contributed by atoms with Gasteiger partial charge in [0.05, 0.1) is 6.61 Å². The molecular weight excluding hydrogens is 246 g/mol. The zero-order chi connectivity index (χ0) is 14.2. The number of hydrogen-bond acceptors (Lipinski definition) is 2. The zero-order valence-electron chi connectivity index (χ0n) is 12.4. The van der Waals surface area contributed by atoms with Crippen molar-refractivity contribution in [1.29, 1.82) is 0 Å². The number of benzene rings is 2. The molecule has 2 rings (SSSR count). The standard InChI is InChI=1S/C18H23NO/c1-3-16-7-4-5-8-18(16)19-13-6-14-20-17-11-9-15(2)10-12-17/h4-5,7-12,19H,3,6,13-14H2,1-2H3. The van der Waals surface area contributed by atoms with Gasteiger partial charge in [0.15, 0.2) is 0 Å². The van der Waals surface area contributed by atoms with Gasteiger partial charge in [0, 0.05) is 12.2 Å². The molecule has 0 radical (unpaired) electrons. The van der Waals surface area contributed by atoms with Gasteiger partial charge in [-0.15, -0.1) is 0 Å². The summed E-state index contributed by atoms with van der Waals surface area (Å²) in [7, 11) is 0. The Kier molecular flexibility index (Phi) is 5.48. The first-order valence-corrected chi connectivity index (χ1v) is 7.31. The predicted molar refractivity (Wildman–Crippen MR) is 85.6 cm³/mol. The first-order valence-electron chi connectivity index (χ1n) is 7.31. The van der Waals surface area contributed by atoms with Gasteiger partial charge < -0.3 is 10.1 Å². The Labute approximate surface area is 121 Å². The molecule has 0 bridgehead atoms. The Bertz CT molecular complexity index is 519. The normalized spacial score (nSPS) is 10.3. The summed E-state index contributed by atoms with van der Waals surface area (Å²) in [6, 6.07) is 16.7. The van der Waals surface area contributed by atoms with E-state index < -0.39 is 0 Å². The van der Waals surface area contributed by atoms with Crippen molar-refractivity contribution in [3.8, 4) is 5.75 Å². The summed E-state index contributed by atoms with van der Waals surface area (Å²) >= 11 is 0. The Morgan fingerprint density at radius 1 is 1.00 bits per heavy atom. The Balaban J connectivity index is 1.70. The number of nitrogens with one attached hydrogen (secondary N) is 1. The van der Waals surface area contributed by atoms with Crippen LogP contribution in [0.4, 0.5) is 5.69 Å². The molecule has 0 atom stereocenters. The largest absolute Gasteiger partial charge is 0.494 e. The van der Waals surface area contributed by atoms with Crippen LogP contribution in [0.15, 0.2) is 48.5 Å². The minimum Gasteiger partial charge on any atom is -0.494 e. The summed E-state index contributed by atoms with van der Waals surface area (Å²) in [5.74, 6) is 0.949. The van der Waals surface area contributed by atoms with Gasteiger partial charge in [-0.2, -0.15) is 0 Å². The summed E-state index contributed by atoms with van der Waals surface area (Å²) in [5.41, 5.74) is 3.87. The highest BCUT2D eigenvalue weighted by molar-refractivity contribution is 5.50. The third-order valence-corrected chi connectivity index (χ3v) is 3.32. The van der Waals surface area contributed by atoms with Crippen molar-refractivity contribution in [3.05, 3.63) is 59.7 Å². The van der Waals surface area contributed by atoms with Crippen LogP contribution >= 0.6 is 0 Å². The number of para-hydroxylation sites is 1. The molecule has 2 heteroatoms. The summed E-state index contributed by atoms with van der Waals surface area (Å²) in [6.07, 6.45) is 2.05. The van der Waals surface area contributed by atoms with E-state index >= 15 is 0 Å². The van der Waals surface area contributed by atoms with Gasteiger partial charge in [-0.3, -0.25) is 0 Å². The molecule has 0 aliphatic carbocycles. The van der Waals surface area contributed by atoms with Gasteiger partial charge in [-0.1, -0.05) is 42.8 Å². The van der Waals surface area contributed by atoms with E-state index in [0.29, 0.717) is 0 Å². The first kappa shape index (κ1) is 14.4. The molecule has 0 fully saturated rings. The van der Waals surface area contributed by atoms with Crippen LogP contribution in [0.1, 0.15) is 24.5 Å². The molecule has 0 aliphatic rings. The van der Waals surface area contributed by atoms with Crippen LogP contribution in [0.3, 0.4) is 0 Å². The summed E-state index contributed by atoms with van der Waals surface area (Å²) < 4.78 is 5.72. The second-order valence-electron chi connectivity index (χ2n) is 4.95. The third kappa shape index (κ3) is 4.30. The van der Waals surface area contributed by atoms with Gasteiger partial charge in [0.2, 0.25) is 0 Å². The summed E-state index contributed by atoms with van der Waals surface area (Å²) in [5, 5.41) is 3.48. The van der Waals surface area contributed by atoms with Crippen LogP contribution in [0.5, 0.6) is 5.75 Å². The highest BCUT2D eigenvalue weighted by Crippen LogP contribution is 2.15. The highest BCUT2D eigenvalue weighted by atomic mass is 16.5. The van der Waals surface area contributed by atoms with E-state index in [0.717, 1.165) is 31.7 Å². The molecular formula is C18H23NO. The van der Waals surface area contributed by atoms with E-state index in [1.165, 1.54) is 16.8 Å². The van der Waals surface area contributed by atoms with E-state index in [-0.39, 0.29) is 0 Å². The molecule has 0 aliphatic heterocycles. The second-order valence-corrected chi connectivity index (χ2v) is 4.95. The monoisotopic (exact) mass is 269 g/mol. The van der Waals surface area contributed by atoms with Crippen molar-refractivity contribution >= 4 is 5.69 Å². The van der Waals surface area contributed by atoms with Gasteiger partial charge in [-0.25, -0.2) is 0 Å². The number of rotatable bonds is 7. The lowest BCUT2D eigenvalue weighted by Crippen LogP contribution is -2.08. The first-order chi connectivity index (χ1) is 9.79. The van der Waals surface area contributed by atoms with E-state index in [9.17, 15) is 0 Å². The Hall–Kier alpha value is -1.96. The third-order valence-electron chi connectivity index (χ3n) is 3.32. The molecule has 0 amide bonds. The Morgan fingerprint density at radius 3 is 2.50 bits per heavy atom. The fourth-order valence-corrected chi connectivity index (χ4v) is 2.12. The van der Waals surface area contributed by atoms with Crippen LogP contribution in [0.2, 0.25) is 0 Å². The van der Waals surface area contributed by atoms with Crippen molar-refractivity contribution in [1.82, 2.24) is 0 Å². The molecule has 20 heavy (non-hydrogen) atoms. The molecule has 106 valence electrons. The minimum absolute atomic E-state index is 0.740. The second kappa shape index (κ2) is 7.59. The maximum atomic E-state index is 5.72. The summed E-state index contributed by atoms with van der Waals surface area (Å²) in [6.45, 7) is 5.94. The lowest BCUT2D eigenvalue weighted by molar-refractivity contribution is 0.315. The molecule has 0 aromatic heterocycles. The van der Waals surface area contributed by atoms with Crippen molar-refractivity contribution in [2.45, 2.75) is 26.7 Å². The van der Waals surface area contributed by atoms with Gasteiger partial charge in [-0.05, 0) is 43.5 Å². The number of aryl methyl sites for hydroxylation is 2. The number of hydrogen-bond donors (Lipinski definition) is 1. The number of ether oxygens (including phenoxy) is 1. The predicted octanol–water partition coefficient (Wildman–Crippen LogP) is 4.44. The molecule has 2 nitrogen and oxygen atoms in total. The van der Waals surface area contributed by atoms with Crippen molar-refractivity contribution < 1.29 is 4.74 Å². The van der Waals surface area contributed by atoms with Gasteiger partial charge in [0.25, 0.3) is 0 Å². The molecule has 1 N–H and O–H groups in total. The topological polar surface area (TPSA) is 21.3 Å². The molecule has 0 unspecified atom stereocenters. The Morgan fingerprint density at radius 2 is 1.75 bits per heavy atom. The van der Waals surface area contributed by atoms with E-state index in [1.807, 2.05) is 12.1 Å². The zero-order valence-corrected chi connectivity index (χ0v) is 12.4. The van der Waals surface area contributed by atoms with Gasteiger partial charge >= 0.3 is 0 Å². The van der Waals surface area contributed by atoms with Crippen LogP contribution < -0.4 is 10.1 Å². The SMILES string of the molecule is CCc1ccccc1NCCCOc1ccc(C)cc1. The highest BCUT2D eigenvalue weighted by Gasteiger charge is 1.98. The van der Waals surface area contributed by atoms with Crippen LogP contribution in [-0.2, 0) is 6.42 Å². The van der Waals surface area contributed by atoms with Gasteiger partial charge in [0.1, 0.15) is 5.75 Å². The lowest BCUT2D eigenvalue weighted by atomic mass is 10.1. The molecule has 2 aromatic carbocycles. The van der Waals surface area contributed by atoms with Crippen LogP contribution in [-0.4, -0.2) is 13.2 Å². The fraction of sp³-hybridized carbons (Fsp3) is 0.333. The van der Waals surface area contributed by atoms with E-state index in [1.54, 1.807) is 0 Å². The van der Waals surface area contributed by atoms with Crippen molar-refractivity contribution in [2.75, 3.05) is 18.5 Å². The minimum atomic E-state index is 0.740. The van der Waals surface area contributed by atoms with E-state index in [2.05, 4.69) is 55.6 Å². The molecule has 0 saturated heterocycles. The van der Waals surface area contributed by atoms with Crippen LogP contribution in [0, 0.1) is 6.92 Å².